The summed E-state index contributed by atoms with van der Waals surface area (Å²) in [6.07, 6.45) is 7.83. The molecule has 7 heavy (non-hydrogen) atoms. The molecule has 0 saturated heterocycles. The molecule has 0 spiro atoms. The summed E-state index contributed by atoms with van der Waals surface area (Å²) in [5.41, 5.74) is 0. The third-order valence-electron chi connectivity index (χ3n) is 1.11. The number of allylic oxidation sites excluding steroid dienone is 4. The Bertz CT molecular complexity index is 115. The van der Waals surface area contributed by atoms with Crippen LogP contribution in [0, 0.1) is 0 Å². The predicted molar refractivity (Wildman–Crippen MR) is 40.1 cm³/mol. The quantitative estimate of drug-likeness (QED) is 0.362. The van der Waals surface area contributed by atoms with Crippen molar-refractivity contribution in [1.82, 2.24) is 0 Å². The van der Waals surface area contributed by atoms with Gasteiger partial charge in [0.2, 0.25) is 0 Å². The number of rotatable bonds is 1. The van der Waals surface area contributed by atoms with Crippen molar-refractivity contribution >= 4 is 18.0 Å². The Morgan fingerprint density at radius 1 is 1.71 bits per heavy atom. The molecule has 1 aliphatic rings. The average molecular weight is 128 g/mol. The fourth-order valence-electron chi connectivity index (χ4n) is 0.643. The smallest absolute Gasteiger partial charge is 0.0704 e. The number of hydrogen-bond donors (Lipinski definition) is 0. The molecular weight excluding hydrogens is 119 g/mol. The van der Waals surface area contributed by atoms with Gasteiger partial charge in [0.1, 0.15) is 0 Å². The van der Waals surface area contributed by atoms with Crippen LogP contribution in [-0.4, -0.2) is 9.19 Å². The van der Waals surface area contributed by atoms with Crippen LogP contribution in [0.1, 0.15) is 6.42 Å². The minimum atomic E-state index is 0.106. The van der Waals surface area contributed by atoms with Crippen LogP contribution >= 0.6 is 8.79 Å². The normalized spacial score (nSPS) is 19.3. The van der Waals surface area contributed by atoms with Crippen LogP contribution in [0.4, 0.5) is 0 Å². The van der Waals surface area contributed by atoms with Crippen molar-refractivity contribution in [3.63, 3.8) is 0 Å². The van der Waals surface area contributed by atoms with Crippen molar-refractivity contribution in [3.05, 3.63) is 23.4 Å². The summed E-state index contributed by atoms with van der Waals surface area (Å²) in [4.78, 5) is 0. The molecular formula is C5H9PSi. The first-order valence-electron chi connectivity index (χ1n) is 2.48. The van der Waals surface area contributed by atoms with Gasteiger partial charge in [-0.2, -0.15) is 8.79 Å². The zero-order chi connectivity index (χ0) is 5.11. The maximum absolute atomic E-state index is 2.85. The molecule has 0 N–H and O–H groups in total. The highest BCUT2D eigenvalue weighted by molar-refractivity contribution is 7.57. The van der Waals surface area contributed by atoms with Gasteiger partial charge in [0.25, 0.3) is 0 Å². The van der Waals surface area contributed by atoms with Crippen LogP contribution in [0.3, 0.4) is 0 Å². The van der Waals surface area contributed by atoms with E-state index in [0.29, 0.717) is 0 Å². The van der Waals surface area contributed by atoms with Crippen molar-refractivity contribution < 1.29 is 0 Å². The SMILES string of the molecule is P[SiH2]C1=CC=CC1. The molecule has 0 bridgehead atoms. The summed E-state index contributed by atoms with van der Waals surface area (Å²) in [6, 6.07) is 0. The summed E-state index contributed by atoms with van der Waals surface area (Å²) in [6.45, 7) is 0. The molecule has 1 unspecified atom stereocenters. The van der Waals surface area contributed by atoms with Crippen LogP contribution in [-0.2, 0) is 0 Å². The van der Waals surface area contributed by atoms with Crippen LogP contribution < -0.4 is 0 Å². The minimum Gasteiger partial charge on any atom is -0.151 e. The van der Waals surface area contributed by atoms with E-state index in [-0.39, 0.29) is 9.19 Å². The fourth-order valence-corrected chi connectivity index (χ4v) is 2.16. The van der Waals surface area contributed by atoms with E-state index in [4.69, 9.17) is 0 Å². The molecule has 0 aromatic rings. The molecule has 1 aliphatic carbocycles. The first-order valence-corrected chi connectivity index (χ1v) is 6.45. The molecule has 0 heterocycles. The van der Waals surface area contributed by atoms with Crippen LogP contribution in [0.5, 0.6) is 0 Å². The molecule has 0 aliphatic heterocycles. The van der Waals surface area contributed by atoms with Gasteiger partial charge in [-0.15, -0.1) is 0 Å². The van der Waals surface area contributed by atoms with Gasteiger partial charge in [0.15, 0.2) is 0 Å². The largest absolute Gasteiger partial charge is 0.151 e. The van der Waals surface area contributed by atoms with E-state index in [1.54, 1.807) is 5.20 Å². The van der Waals surface area contributed by atoms with Gasteiger partial charge >= 0.3 is 0 Å². The topological polar surface area (TPSA) is 0 Å². The Hall–Kier alpha value is 0.127. The third-order valence-corrected chi connectivity index (χ3v) is 3.73. The second-order valence-corrected chi connectivity index (χ2v) is 4.20. The van der Waals surface area contributed by atoms with Crippen molar-refractivity contribution in [3.8, 4) is 0 Å². The molecule has 0 saturated carbocycles. The minimum absolute atomic E-state index is 0.106. The summed E-state index contributed by atoms with van der Waals surface area (Å²) >= 11 is 0. The van der Waals surface area contributed by atoms with Crippen LogP contribution in [0.15, 0.2) is 23.4 Å². The first kappa shape index (κ1) is 5.27. The van der Waals surface area contributed by atoms with E-state index in [1.807, 2.05) is 0 Å². The van der Waals surface area contributed by atoms with Gasteiger partial charge in [-0.25, -0.2) is 0 Å². The van der Waals surface area contributed by atoms with Gasteiger partial charge in [-0.1, -0.05) is 23.4 Å². The highest BCUT2D eigenvalue weighted by Gasteiger charge is 1.92. The Balaban J connectivity index is 2.45. The summed E-state index contributed by atoms with van der Waals surface area (Å²) in [7, 11) is 2.96. The lowest BCUT2D eigenvalue weighted by atomic mass is 10.5. The zero-order valence-electron chi connectivity index (χ0n) is 4.22. The monoisotopic (exact) mass is 128 g/mol. The van der Waals surface area contributed by atoms with Gasteiger partial charge in [0.05, 0.1) is 9.19 Å². The molecule has 0 radical (unpaired) electrons. The lowest BCUT2D eigenvalue weighted by Crippen LogP contribution is -1.79. The van der Waals surface area contributed by atoms with Gasteiger partial charge < -0.3 is 0 Å². The van der Waals surface area contributed by atoms with Crippen LogP contribution in [0.2, 0.25) is 0 Å². The predicted octanol–water partition coefficient (Wildman–Crippen LogP) is 0.789. The van der Waals surface area contributed by atoms with Gasteiger partial charge in [-0.05, 0) is 6.42 Å². The Labute approximate surface area is 48.6 Å². The van der Waals surface area contributed by atoms with Crippen molar-refractivity contribution in [2.75, 3.05) is 0 Å². The molecule has 0 fully saturated rings. The van der Waals surface area contributed by atoms with Crippen LogP contribution in [0.25, 0.3) is 0 Å². The first-order chi connectivity index (χ1) is 3.43. The third kappa shape index (κ3) is 1.25. The molecule has 1 atom stereocenters. The van der Waals surface area contributed by atoms with E-state index in [0.717, 1.165) is 0 Å². The van der Waals surface area contributed by atoms with E-state index in [9.17, 15) is 0 Å². The molecule has 2 heteroatoms. The van der Waals surface area contributed by atoms with E-state index < -0.39 is 0 Å². The molecule has 1 rings (SSSR count). The summed E-state index contributed by atoms with van der Waals surface area (Å²) in [5.74, 6) is 0. The maximum Gasteiger partial charge on any atom is 0.0704 e. The van der Waals surface area contributed by atoms with E-state index in [1.165, 1.54) is 6.42 Å². The van der Waals surface area contributed by atoms with E-state index >= 15 is 0 Å². The molecule has 0 aromatic heterocycles. The standard InChI is InChI=1S/C5H9PSi/c6-7-5-3-1-2-4-5/h1-3H,4,6-7H2. The second kappa shape index (κ2) is 2.44. The van der Waals surface area contributed by atoms with Crippen molar-refractivity contribution in [1.29, 1.82) is 0 Å². The molecule has 38 valence electrons. The Morgan fingerprint density at radius 2 is 2.57 bits per heavy atom. The lowest BCUT2D eigenvalue weighted by molar-refractivity contribution is 1.40. The van der Waals surface area contributed by atoms with E-state index in [2.05, 4.69) is 27.0 Å². The highest BCUT2D eigenvalue weighted by Crippen LogP contribution is 2.09. The highest BCUT2D eigenvalue weighted by atomic mass is 31.3. The Kier molecular flexibility index (Phi) is 1.83. The molecule has 0 amide bonds. The van der Waals surface area contributed by atoms with Crippen molar-refractivity contribution in [2.24, 2.45) is 0 Å². The summed E-state index contributed by atoms with van der Waals surface area (Å²) < 4.78 is 0. The summed E-state index contributed by atoms with van der Waals surface area (Å²) in [5, 5.41) is 1.66. The fraction of sp³-hybridized carbons (Fsp3) is 0.200. The Morgan fingerprint density at radius 3 is 2.86 bits per heavy atom. The van der Waals surface area contributed by atoms with Crippen molar-refractivity contribution in [2.45, 2.75) is 6.42 Å². The van der Waals surface area contributed by atoms with Gasteiger partial charge in [0, 0.05) is 0 Å². The average Bonchev–Trinajstić information content (AvgIpc) is 2.14. The van der Waals surface area contributed by atoms with Gasteiger partial charge in [-0.3, -0.25) is 0 Å². The second-order valence-electron chi connectivity index (χ2n) is 1.66. The lowest BCUT2D eigenvalue weighted by Gasteiger charge is -1.87. The maximum atomic E-state index is 2.85. The zero-order valence-corrected chi connectivity index (χ0v) is 6.79. The molecule has 0 nitrogen and oxygen atoms in total. The number of hydrogen-bond acceptors (Lipinski definition) is 0. The molecule has 0 aromatic carbocycles.